The molecule has 5 rings (SSSR count). The molecule has 0 bridgehead atoms. The van der Waals surface area contributed by atoms with E-state index in [1.807, 2.05) is 42.5 Å². The quantitative estimate of drug-likeness (QED) is 0.403. The summed E-state index contributed by atoms with van der Waals surface area (Å²) in [6.45, 7) is 1.60. The molecule has 0 spiro atoms. The number of nitrogens with one attached hydrogen (secondary N) is 1. The molecule has 1 fully saturated rings. The van der Waals surface area contributed by atoms with Crippen LogP contribution < -0.4 is 10.2 Å². The lowest BCUT2D eigenvalue weighted by atomic mass is 9.95. The van der Waals surface area contributed by atoms with Gasteiger partial charge in [0.2, 0.25) is 11.7 Å². The van der Waals surface area contributed by atoms with Crippen molar-refractivity contribution in [2.75, 3.05) is 18.0 Å². The van der Waals surface area contributed by atoms with Gasteiger partial charge in [0.25, 0.3) is 5.89 Å². The molecule has 2 aromatic heterocycles. The van der Waals surface area contributed by atoms with Crippen LogP contribution in [0.1, 0.15) is 18.4 Å². The molecule has 0 saturated carbocycles. The Morgan fingerprint density at radius 3 is 2.69 bits per heavy atom. The summed E-state index contributed by atoms with van der Waals surface area (Å²) in [5.74, 6) is 1.13. The maximum absolute atomic E-state index is 13.2. The largest absolute Gasteiger partial charge is 0.356 e. The summed E-state index contributed by atoms with van der Waals surface area (Å²) in [5, 5.41) is 7.36. The smallest absolute Gasteiger partial charge is 0.261 e. The van der Waals surface area contributed by atoms with Gasteiger partial charge in [-0.25, -0.2) is 9.37 Å². The van der Waals surface area contributed by atoms with E-state index in [1.165, 1.54) is 12.1 Å². The van der Waals surface area contributed by atoms with Crippen LogP contribution >= 0.6 is 11.6 Å². The van der Waals surface area contributed by atoms with Gasteiger partial charge in [-0.05, 0) is 42.7 Å². The van der Waals surface area contributed by atoms with Gasteiger partial charge < -0.3 is 14.7 Å². The molecule has 2 aromatic carbocycles. The van der Waals surface area contributed by atoms with E-state index in [0.717, 1.165) is 16.9 Å². The number of hydrogen-bond acceptors (Lipinski definition) is 6. The van der Waals surface area contributed by atoms with Crippen LogP contribution in [0, 0.1) is 11.7 Å². The van der Waals surface area contributed by atoms with Crippen LogP contribution in [0.4, 0.5) is 10.2 Å². The second-order valence-electron chi connectivity index (χ2n) is 8.38. The highest BCUT2D eigenvalue weighted by atomic mass is 35.5. The number of hydrogen-bond donors (Lipinski definition) is 1. The molecule has 0 radical (unpaired) electrons. The normalized spacial score (nSPS) is 14.2. The monoisotopic (exact) mass is 491 g/mol. The number of benzene rings is 2. The van der Waals surface area contributed by atoms with Gasteiger partial charge in [-0.1, -0.05) is 53.2 Å². The molecule has 3 heterocycles. The summed E-state index contributed by atoms with van der Waals surface area (Å²) < 4.78 is 18.8. The van der Waals surface area contributed by atoms with Gasteiger partial charge in [-0.3, -0.25) is 4.79 Å². The first-order chi connectivity index (χ1) is 17.1. The number of amides is 1. The summed E-state index contributed by atoms with van der Waals surface area (Å²) in [7, 11) is 0. The lowest BCUT2D eigenvalue weighted by Gasteiger charge is -2.32. The number of carbonyl (C=O) groups excluding carboxylic acids is 1. The molecular formula is C26H23ClFN5O2. The van der Waals surface area contributed by atoms with E-state index in [9.17, 15) is 9.18 Å². The topological polar surface area (TPSA) is 84.2 Å². The number of halogens is 2. The highest BCUT2D eigenvalue weighted by Crippen LogP contribution is 2.32. The summed E-state index contributed by atoms with van der Waals surface area (Å²) in [5.41, 5.74) is 2.32. The molecule has 9 heteroatoms. The summed E-state index contributed by atoms with van der Waals surface area (Å²) in [6, 6.07) is 17.6. The zero-order valence-electron chi connectivity index (χ0n) is 18.8. The van der Waals surface area contributed by atoms with Gasteiger partial charge in [-0.15, -0.1) is 0 Å². The number of nitrogens with zero attached hydrogens (tertiary/aromatic N) is 4. The second-order valence-corrected chi connectivity index (χ2v) is 8.79. The fraction of sp³-hybridized carbons (Fsp3) is 0.231. The lowest BCUT2D eigenvalue weighted by molar-refractivity contribution is -0.125. The van der Waals surface area contributed by atoms with E-state index in [2.05, 4.69) is 25.3 Å². The van der Waals surface area contributed by atoms with Crippen molar-refractivity contribution in [2.45, 2.75) is 19.4 Å². The van der Waals surface area contributed by atoms with E-state index in [0.29, 0.717) is 48.2 Å². The Morgan fingerprint density at radius 1 is 1.11 bits per heavy atom. The van der Waals surface area contributed by atoms with Gasteiger partial charge in [0, 0.05) is 42.3 Å². The highest BCUT2D eigenvalue weighted by Gasteiger charge is 2.28. The molecule has 7 nitrogen and oxygen atoms in total. The molecule has 35 heavy (non-hydrogen) atoms. The number of pyridine rings is 1. The van der Waals surface area contributed by atoms with Crippen LogP contribution in [0.15, 0.2) is 71.4 Å². The molecule has 1 amide bonds. The van der Waals surface area contributed by atoms with Crippen LogP contribution in [0.25, 0.3) is 22.8 Å². The summed E-state index contributed by atoms with van der Waals surface area (Å²) in [4.78, 5) is 24.0. The fourth-order valence-electron chi connectivity index (χ4n) is 4.20. The SMILES string of the molecule is O=C(NCc1ccc(F)cc1Cl)C1CCN(c2ncccc2-c2nc(-c3ccccc3)no2)CC1. The van der Waals surface area contributed by atoms with Crippen LogP contribution in [0.3, 0.4) is 0 Å². The Hall–Kier alpha value is -3.78. The first-order valence-electron chi connectivity index (χ1n) is 11.4. The third-order valence-corrected chi connectivity index (χ3v) is 6.46. The van der Waals surface area contributed by atoms with Crippen molar-refractivity contribution in [3.8, 4) is 22.8 Å². The number of carbonyl (C=O) groups is 1. The number of rotatable bonds is 6. The number of aromatic nitrogens is 3. The average molecular weight is 492 g/mol. The van der Waals surface area contributed by atoms with E-state index < -0.39 is 5.82 Å². The van der Waals surface area contributed by atoms with Crippen molar-refractivity contribution in [1.82, 2.24) is 20.4 Å². The summed E-state index contributed by atoms with van der Waals surface area (Å²) in [6.07, 6.45) is 3.09. The average Bonchev–Trinajstić information content (AvgIpc) is 3.39. The molecule has 1 aliphatic heterocycles. The predicted molar refractivity (Wildman–Crippen MR) is 131 cm³/mol. The van der Waals surface area contributed by atoms with Gasteiger partial charge in [-0.2, -0.15) is 4.98 Å². The van der Waals surface area contributed by atoms with E-state index >= 15 is 0 Å². The molecule has 1 saturated heterocycles. The van der Waals surface area contributed by atoms with Crippen LogP contribution in [-0.2, 0) is 11.3 Å². The molecule has 0 unspecified atom stereocenters. The number of piperidine rings is 1. The van der Waals surface area contributed by atoms with E-state index in [4.69, 9.17) is 16.1 Å². The zero-order chi connectivity index (χ0) is 24.2. The fourth-order valence-corrected chi connectivity index (χ4v) is 4.43. The Labute approximate surface area is 206 Å². The molecular weight excluding hydrogens is 469 g/mol. The molecule has 1 N–H and O–H groups in total. The molecule has 178 valence electrons. The van der Waals surface area contributed by atoms with Crippen molar-refractivity contribution in [3.05, 3.63) is 83.3 Å². The van der Waals surface area contributed by atoms with Crippen molar-refractivity contribution < 1.29 is 13.7 Å². The minimum Gasteiger partial charge on any atom is -0.356 e. The van der Waals surface area contributed by atoms with Crippen molar-refractivity contribution in [2.24, 2.45) is 5.92 Å². The molecule has 0 atom stereocenters. The minimum absolute atomic E-state index is 0.0318. The van der Waals surface area contributed by atoms with Gasteiger partial charge in [0.05, 0.1) is 5.56 Å². The van der Waals surface area contributed by atoms with Crippen molar-refractivity contribution in [1.29, 1.82) is 0 Å². The van der Waals surface area contributed by atoms with E-state index in [-0.39, 0.29) is 18.4 Å². The van der Waals surface area contributed by atoms with Gasteiger partial charge in [0.1, 0.15) is 11.6 Å². The minimum atomic E-state index is -0.400. The Kier molecular flexibility index (Phi) is 6.72. The van der Waals surface area contributed by atoms with Crippen molar-refractivity contribution in [3.63, 3.8) is 0 Å². The molecule has 1 aliphatic rings. The first kappa shape index (κ1) is 23.0. The Bertz CT molecular complexity index is 1320. The molecule has 4 aromatic rings. The zero-order valence-corrected chi connectivity index (χ0v) is 19.6. The Morgan fingerprint density at radius 2 is 1.91 bits per heavy atom. The van der Waals surface area contributed by atoms with Gasteiger partial charge in [0.15, 0.2) is 0 Å². The Balaban J connectivity index is 1.23. The summed E-state index contributed by atoms with van der Waals surface area (Å²) >= 11 is 6.07. The first-order valence-corrected chi connectivity index (χ1v) is 11.8. The standard InChI is InChI=1S/C26H23ClFN5O2/c27-22-15-20(28)9-8-19(22)16-30-25(34)18-10-13-33(14-11-18)24-21(7-4-12-29-24)26-31-23(32-35-26)17-5-2-1-3-6-17/h1-9,12,15,18H,10-11,13-14,16H2,(H,30,34). The maximum Gasteiger partial charge on any atom is 0.261 e. The predicted octanol–water partition coefficient (Wildman–Crippen LogP) is 5.12. The maximum atomic E-state index is 13.2. The van der Waals surface area contributed by atoms with E-state index in [1.54, 1.807) is 12.3 Å². The van der Waals surface area contributed by atoms with Crippen LogP contribution in [0.5, 0.6) is 0 Å². The van der Waals surface area contributed by atoms with Crippen LogP contribution in [0.2, 0.25) is 5.02 Å². The second kappa shape index (κ2) is 10.2. The lowest BCUT2D eigenvalue weighted by Crippen LogP contribution is -2.40. The number of anilines is 1. The van der Waals surface area contributed by atoms with Gasteiger partial charge >= 0.3 is 0 Å². The highest BCUT2D eigenvalue weighted by molar-refractivity contribution is 6.31. The van der Waals surface area contributed by atoms with Crippen molar-refractivity contribution >= 4 is 23.3 Å². The molecule has 0 aliphatic carbocycles. The third-order valence-electron chi connectivity index (χ3n) is 6.11. The van der Waals surface area contributed by atoms with Crippen LogP contribution in [-0.4, -0.2) is 34.1 Å². The third kappa shape index (κ3) is 5.17.